The fourth-order valence-corrected chi connectivity index (χ4v) is 4.55. The highest BCUT2D eigenvalue weighted by atomic mass is 35.5. The maximum atomic E-state index is 13.3. The zero-order valence-electron chi connectivity index (χ0n) is 22.5. The summed E-state index contributed by atoms with van der Waals surface area (Å²) in [5, 5.41) is 6.21. The Hall–Kier alpha value is -4.89. The van der Waals surface area contributed by atoms with Crippen LogP contribution in [0, 0.1) is 6.92 Å². The first-order chi connectivity index (χ1) is 20.0. The fourth-order valence-electron chi connectivity index (χ4n) is 4.42. The van der Waals surface area contributed by atoms with Gasteiger partial charge in [0.25, 0.3) is 11.8 Å². The Bertz CT molecular complexity index is 1760. The first kappa shape index (κ1) is 28.6. The third-order valence-electron chi connectivity index (χ3n) is 6.83. The van der Waals surface area contributed by atoms with E-state index in [0.29, 0.717) is 27.5 Å². The minimum atomic E-state index is -4.46. The molecule has 0 fully saturated rings. The highest BCUT2D eigenvalue weighted by Gasteiger charge is 2.30. The maximum absolute atomic E-state index is 13.3. The van der Waals surface area contributed by atoms with Gasteiger partial charge < -0.3 is 15.2 Å². The van der Waals surface area contributed by atoms with Crippen LogP contribution in [0.15, 0.2) is 97.1 Å². The molecule has 4 aromatic carbocycles. The molecular formula is C32H24ClF3N4O2. The fraction of sp³-hybridized carbons (Fsp3) is 0.0938. The highest BCUT2D eigenvalue weighted by Crippen LogP contribution is 2.32. The van der Waals surface area contributed by atoms with Crippen LogP contribution in [0.2, 0.25) is 5.02 Å². The molecule has 2 N–H and O–H groups in total. The minimum Gasteiger partial charge on any atom is -0.325 e. The molecule has 0 saturated heterocycles. The number of hydrogen-bond donors (Lipinski definition) is 2. The summed E-state index contributed by atoms with van der Waals surface area (Å²) < 4.78 is 40.6. The van der Waals surface area contributed by atoms with Gasteiger partial charge in [-0.05, 0) is 71.6 Å². The van der Waals surface area contributed by atoms with Gasteiger partial charge in [-0.1, -0.05) is 66.2 Å². The van der Waals surface area contributed by atoms with Crippen molar-refractivity contribution >= 4 is 34.9 Å². The number of carbonyl (C=O) groups excluding carboxylic acids is 2. The molecule has 0 radical (unpaired) electrons. The monoisotopic (exact) mass is 588 g/mol. The van der Waals surface area contributed by atoms with Crippen molar-refractivity contribution < 1.29 is 22.8 Å². The van der Waals surface area contributed by atoms with E-state index >= 15 is 0 Å². The third kappa shape index (κ3) is 6.06. The van der Waals surface area contributed by atoms with Crippen molar-refractivity contribution in [3.63, 3.8) is 0 Å². The van der Waals surface area contributed by atoms with Gasteiger partial charge in [-0.3, -0.25) is 9.59 Å². The van der Waals surface area contributed by atoms with Crippen LogP contribution in [0.3, 0.4) is 0 Å². The number of amides is 2. The van der Waals surface area contributed by atoms with Crippen LogP contribution in [0.4, 0.5) is 24.7 Å². The van der Waals surface area contributed by atoms with E-state index in [2.05, 4.69) is 15.6 Å². The van der Waals surface area contributed by atoms with Crippen molar-refractivity contribution in [2.45, 2.75) is 13.1 Å². The summed E-state index contributed by atoms with van der Waals surface area (Å²) >= 11 is 5.96. The Balaban J connectivity index is 1.32. The molecule has 42 heavy (non-hydrogen) atoms. The Morgan fingerprint density at radius 3 is 1.95 bits per heavy atom. The molecule has 1 heterocycles. The molecule has 2 amide bonds. The molecule has 6 nitrogen and oxygen atoms in total. The van der Waals surface area contributed by atoms with Crippen molar-refractivity contribution in [2.24, 2.45) is 7.05 Å². The SMILES string of the molecule is Cc1c(NC(=O)c2ccccc2-c2ccc(C(F)(F)F)cc2)nc(C(=O)Nc2ccc(-c3ccc(Cl)cc3)cc2)n1C. The molecule has 10 heteroatoms. The molecule has 0 spiro atoms. The number of nitrogens with zero attached hydrogens (tertiary/aromatic N) is 2. The largest absolute Gasteiger partial charge is 0.416 e. The van der Waals surface area contributed by atoms with Crippen LogP contribution < -0.4 is 10.6 Å². The smallest absolute Gasteiger partial charge is 0.325 e. The number of nitrogens with one attached hydrogen (secondary N) is 2. The average Bonchev–Trinajstić information content (AvgIpc) is 3.26. The second-order valence-corrected chi connectivity index (χ2v) is 9.98. The van der Waals surface area contributed by atoms with E-state index in [9.17, 15) is 22.8 Å². The third-order valence-corrected chi connectivity index (χ3v) is 7.08. The molecule has 5 aromatic rings. The van der Waals surface area contributed by atoms with Crippen LogP contribution in [-0.2, 0) is 13.2 Å². The number of benzene rings is 4. The lowest BCUT2D eigenvalue weighted by molar-refractivity contribution is -0.137. The Morgan fingerprint density at radius 2 is 1.33 bits per heavy atom. The normalized spacial score (nSPS) is 11.3. The lowest BCUT2D eigenvalue weighted by atomic mass is 9.98. The number of aromatic nitrogens is 2. The van der Waals surface area contributed by atoms with Gasteiger partial charge >= 0.3 is 6.18 Å². The predicted molar refractivity (Wildman–Crippen MR) is 158 cm³/mol. The van der Waals surface area contributed by atoms with Crippen LogP contribution in [-0.4, -0.2) is 21.4 Å². The summed E-state index contributed by atoms with van der Waals surface area (Å²) in [4.78, 5) is 30.7. The van der Waals surface area contributed by atoms with Gasteiger partial charge in [-0.15, -0.1) is 0 Å². The molecule has 0 aliphatic carbocycles. The van der Waals surface area contributed by atoms with Crippen molar-refractivity contribution in [3.8, 4) is 22.3 Å². The number of alkyl halides is 3. The van der Waals surface area contributed by atoms with Gasteiger partial charge in [0.2, 0.25) is 5.82 Å². The van der Waals surface area contributed by atoms with E-state index in [0.717, 1.165) is 23.3 Å². The zero-order valence-corrected chi connectivity index (χ0v) is 23.2. The van der Waals surface area contributed by atoms with E-state index < -0.39 is 23.6 Å². The molecular weight excluding hydrogens is 565 g/mol. The number of imidazole rings is 1. The quantitative estimate of drug-likeness (QED) is 0.210. The Morgan fingerprint density at radius 1 is 0.762 bits per heavy atom. The summed E-state index contributed by atoms with van der Waals surface area (Å²) in [6.45, 7) is 1.71. The van der Waals surface area contributed by atoms with Gasteiger partial charge in [-0.2, -0.15) is 13.2 Å². The Kier molecular flexibility index (Phi) is 7.87. The number of rotatable bonds is 6. The summed E-state index contributed by atoms with van der Waals surface area (Å²) in [5.74, 6) is -0.712. The van der Waals surface area contributed by atoms with E-state index in [-0.39, 0.29) is 17.2 Å². The van der Waals surface area contributed by atoms with Crippen molar-refractivity contribution in [2.75, 3.05) is 10.6 Å². The van der Waals surface area contributed by atoms with Gasteiger partial charge in [0.15, 0.2) is 5.82 Å². The molecule has 0 bridgehead atoms. The molecule has 212 valence electrons. The van der Waals surface area contributed by atoms with E-state index in [1.165, 1.54) is 12.1 Å². The summed E-state index contributed by atoms with van der Waals surface area (Å²) in [5.41, 5.74) is 3.42. The van der Waals surface area contributed by atoms with E-state index in [4.69, 9.17) is 11.6 Å². The Labute approximate surface area is 244 Å². The van der Waals surface area contributed by atoms with E-state index in [1.54, 1.807) is 67.1 Å². The van der Waals surface area contributed by atoms with Crippen LogP contribution in [0.5, 0.6) is 0 Å². The summed E-state index contributed by atoms with van der Waals surface area (Å²) in [7, 11) is 1.66. The van der Waals surface area contributed by atoms with Gasteiger partial charge in [0.05, 0.1) is 11.3 Å². The number of carbonyl (C=O) groups is 2. The average molecular weight is 589 g/mol. The second kappa shape index (κ2) is 11.5. The molecule has 0 atom stereocenters. The summed E-state index contributed by atoms with van der Waals surface area (Å²) in [6.07, 6.45) is -4.46. The van der Waals surface area contributed by atoms with Crippen molar-refractivity contribution in [1.82, 2.24) is 9.55 Å². The second-order valence-electron chi connectivity index (χ2n) is 9.54. The van der Waals surface area contributed by atoms with Crippen molar-refractivity contribution in [3.05, 3.63) is 125 Å². The molecule has 0 aliphatic heterocycles. The number of hydrogen-bond acceptors (Lipinski definition) is 3. The minimum absolute atomic E-state index is 0.0839. The molecule has 1 aromatic heterocycles. The lowest BCUT2D eigenvalue weighted by Crippen LogP contribution is -2.17. The highest BCUT2D eigenvalue weighted by molar-refractivity contribution is 6.30. The summed E-state index contributed by atoms with van der Waals surface area (Å²) in [6, 6.07) is 25.9. The predicted octanol–water partition coefficient (Wildman–Crippen LogP) is 8.24. The van der Waals surface area contributed by atoms with E-state index in [1.807, 2.05) is 24.3 Å². The first-order valence-electron chi connectivity index (χ1n) is 12.8. The number of halogens is 4. The molecule has 5 rings (SSSR count). The first-order valence-corrected chi connectivity index (χ1v) is 13.2. The van der Waals surface area contributed by atoms with Gasteiger partial charge in [0.1, 0.15) is 0 Å². The van der Waals surface area contributed by atoms with Crippen LogP contribution in [0.25, 0.3) is 22.3 Å². The number of anilines is 2. The maximum Gasteiger partial charge on any atom is 0.416 e. The van der Waals surface area contributed by atoms with Crippen LogP contribution >= 0.6 is 11.6 Å². The van der Waals surface area contributed by atoms with Gasteiger partial charge in [-0.25, -0.2) is 4.98 Å². The van der Waals surface area contributed by atoms with Gasteiger partial charge in [0, 0.05) is 23.3 Å². The van der Waals surface area contributed by atoms with Crippen molar-refractivity contribution in [1.29, 1.82) is 0 Å². The lowest BCUT2D eigenvalue weighted by Gasteiger charge is -2.11. The van der Waals surface area contributed by atoms with Crippen LogP contribution in [0.1, 0.15) is 32.2 Å². The standard InChI is InChI=1S/C32H24ClF3N4O2/c1-19-28(39-30(41)27-6-4-3-5-26(27)22-7-13-23(14-8-22)32(34,35)36)38-29(40(19)2)31(42)37-25-17-11-21(12-18-25)20-9-15-24(33)16-10-20/h3-18H,1-2H3,(H,37,42)(H,39,41). The molecule has 0 aliphatic rings. The topological polar surface area (TPSA) is 76.0 Å². The molecule has 0 saturated carbocycles. The molecule has 0 unspecified atom stereocenters. The zero-order chi connectivity index (χ0) is 30.0.